The van der Waals surface area contributed by atoms with Crippen LogP contribution in [0.25, 0.3) is 11.4 Å². The minimum atomic E-state index is 0.385. The van der Waals surface area contributed by atoms with Crippen LogP contribution in [-0.2, 0) is 4.74 Å². The number of pyridine rings is 1. The van der Waals surface area contributed by atoms with Gasteiger partial charge >= 0.3 is 0 Å². The third-order valence-electron chi connectivity index (χ3n) is 2.83. The summed E-state index contributed by atoms with van der Waals surface area (Å²) >= 11 is 0. The van der Waals surface area contributed by atoms with Crippen molar-refractivity contribution in [2.45, 2.75) is 6.92 Å². The molecule has 6 heteroatoms. The summed E-state index contributed by atoms with van der Waals surface area (Å²) in [6.07, 6.45) is 8.33. The van der Waals surface area contributed by atoms with Crippen LogP contribution in [0.2, 0.25) is 0 Å². The van der Waals surface area contributed by atoms with E-state index in [9.17, 15) is 0 Å². The highest BCUT2D eigenvalue weighted by atomic mass is 16.5. The molecule has 0 amide bonds. The SMILES string of the molecule is C=C/N=C(\C=C(/N)c1cn(-c2cccnc2)nc1C)OC. The topological polar surface area (TPSA) is 78.3 Å². The molecule has 0 radical (unpaired) electrons. The van der Waals surface area contributed by atoms with Crippen LogP contribution >= 0.6 is 0 Å². The van der Waals surface area contributed by atoms with Gasteiger partial charge in [-0.1, -0.05) is 6.58 Å². The molecule has 0 aromatic carbocycles. The van der Waals surface area contributed by atoms with Crippen molar-refractivity contribution >= 4 is 11.6 Å². The van der Waals surface area contributed by atoms with Gasteiger partial charge in [0.15, 0.2) is 0 Å². The Kier molecular flexibility index (Phi) is 4.50. The molecule has 0 atom stereocenters. The quantitative estimate of drug-likeness (QED) is 0.688. The fourth-order valence-electron chi connectivity index (χ4n) is 1.81. The number of aliphatic imine (C=N–C) groups is 1. The molecule has 0 aliphatic rings. The van der Waals surface area contributed by atoms with Crippen LogP contribution < -0.4 is 5.73 Å². The van der Waals surface area contributed by atoms with Gasteiger partial charge in [-0.15, -0.1) is 0 Å². The molecule has 2 aromatic heterocycles. The van der Waals surface area contributed by atoms with E-state index in [4.69, 9.17) is 10.5 Å². The standard InChI is InChI=1S/C15H17N5O/c1-4-18-15(21-3)8-14(16)13-10-20(19-11(13)2)12-6-5-7-17-9-12/h4-10H,1,16H2,2-3H3/b14-8-,18-15+. The van der Waals surface area contributed by atoms with Gasteiger partial charge in [-0.25, -0.2) is 9.67 Å². The first-order chi connectivity index (χ1) is 10.2. The van der Waals surface area contributed by atoms with E-state index >= 15 is 0 Å². The van der Waals surface area contributed by atoms with Gasteiger partial charge in [0.05, 0.1) is 24.7 Å². The Morgan fingerprint density at radius 1 is 1.52 bits per heavy atom. The molecule has 21 heavy (non-hydrogen) atoms. The molecule has 108 valence electrons. The molecule has 2 rings (SSSR count). The van der Waals surface area contributed by atoms with Crippen LogP contribution in [0.1, 0.15) is 11.3 Å². The number of nitrogens with two attached hydrogens (primary N) is 1. The third-order valence-corrected chi connectivity index (χ3v) is 2.83. The number of hydrogen-bond donors (Lipinski definition) is 1. The average molecular weight is 283 g/mol. The molecule has 0 spiro atoms. The van der Waals surface area contributed by atoms with E-state index in [1.54, 1.807) is 23.2 Å². The van der Waals surface area contributed by atoms with E-state index in [-0.39, 0.29) is 0 Å². The van der Waals surface area contributed by atoms with Gasteiger partial charge in [-0.05, 0) is 19.1 Å². The maximum Gasteiger partial charge on any atom is 0.214 e. The Hall–Kier alpha value is -2.89. The van der Waals surface area contributed by atoms with Crippen LogP contribution in [0.4, 0.5) is 0 Å². The Labute approximate surface area is 123 Å². The zero-order chi connectivity index (χ0) is 15.2. The molecule has 2 N–H and O–H groups in total. The molecule has 0 saturated heterocycles. The molecule has 0 saturated carbocycles. The monoisotopic (exact) mass is 283 g/mol. The predicted molar refractivity (Wildman–Crippen MR) is 82.9 cm³/mol. The van der Waals surface area contributed by atoms with Crippen molar-refractivity contribution < 1.29 is 4.74 Å². The minimum absolute atomic E-state index is 0.385. The number of nitrogens with zero attached hydrogens (tertiary/aromatic N) is 4. The Morgan fingerprint density at radius 2 is 2.33 bits per heavy atom. The predicted octanol–water partition coefficient (Wildman–Crippen LogP) is 2.06. The average Bonchev–Trinajstić information content (AvgIpc) is 2.89. The molecule has 0 bridgehead atoms. The van der Waals surface area contributed by atoms with Crippen molar-refractivity contribution in [2.75, 3.05) is 7.11 Å². The second-order valence-electron chi connectivity index (χ2n) is 4.24. The van der Waals surface area contributed by atoms with Crippen molar-refractivity contribution in [2.24, 2.45) is 10.7 Å². The summed E-state index contributed by atoms with van der Waals surface area (Å²) in [5, 5.41) is 4.44. The molecule has 0 aliphatic heterocycles. The van der Waals surface area contributed by atoms with Crippen molar-refractivity contribution in [3.63, 3.8) is 0 Å². The number of rotatable bonds is 4. The maximum atomic E-state index is 6.09. The normalized spacial score (nSPS) is 12.3. The lowest BCUT2D eigenvalue weighted by Crippen LogP contribution is -2.03. The summed E-state index contributed by atoms with van der Waals surface area (Å²) in [6, 6.07) is 3.77. The highest BCUT2D eigenvalue weighted by Gasteiger charge is 2.09. The van der Waals surface area contributed by atoms with Crippen LogP contribution in [-0.4, -0.2) is 27.8 Å². The van der Waals surface area contributed by atoms with Crippen molar-refractivity contribution in [3.8, 4) is 5.69 Å². The van der Waals surface area contributed by atoms with Gasteiger partial charge in [0.25, 0.3) is 0 Å². The van der Waals surface area contributed by atoms with E-state index in [0.717, 1.165) is 16.9 Å². The van der Waals surface area contributed by atoms with Crippen molar-refractivity contribution in [1.82, 2.24) is 14.8 Å². The Bertz CT molecular complexity index is 685. The van der Waals surface area contributed by atoms with Crippen LogP contribution in [0.15, 0.2) is 54.6 Å². The van der Waals surface area contributed by atoms with Gasteiger partial charge in [0.1, 0.15) is 0 Å². The van der Waals surface area contributed by atoms with E-state index in [0.29, 0.717) is 11.6 Å². The molecular weight excluding hydrogens is 266 g/mol. The second kappa shape index (κ2) is 6.51. The summed E-state index contributed by atoms with van der Waals surface area (Å²) < 4.78 is 6.83. The van der Waals surface area contributed by atoms with Gasteiger partial charge in [-0.3, -0.25) is 4.98 Å². The number of hydrogen-bond acceptors (Lipinski definition) is 5. The molecule has 0 fully saturated rings. The van der Waals surface area contributed by atoms with E-state index in [2.05, 4.69) is 21.7 Å². The lowest BCUT2D eigenvalue weighted by atomic mass is 10.2. The van der Waals surface area contributed by atoms with Crippen LogP contribution in [0.3, 0.4) is 0 Å². The highest BCUT2D eigenvalue weighted by Crippen LogP contribution is 2.16. The third kappa shape index (κ3) is 3.36. The Morgan fingerprint density at radius 3 is 2.95 bits per heavy atom. The number of aromatic nitrogens is 3. The first kappa shape index (κ1) is 14.5. The van der Waals surface area contributed by atoms with Crippen LogP contribution in [0.5, 0.6) is 0 Å². The summed E-state index contributed by atoms with van der Waals surface area (Å²) in [5.41, 5.74) is 9.10. The van der Waals surface area contributed by atoms with E-state index in [1.807, 2.05) is 25.3 Å². The molecule has 0 unspecified atom stereocenters. The zero-order valence-corrected chi connectivity index (χ0v) is 12.0. The first-order valence-electron chi connectivity index (χ1n) is 6.32. The first-order valence-corrected chi connectivity index (χ1v) is 6.32. The lowest BCUT2D eigenvalue weighted by molar-refractivity contribution is 0.407. The van der Waals surface area contributed by atoms with Crippen LogP contribution in [0, 0.1) is 6.92 Å². The van der Waals surface area contributed by atoms with Crippen molar-refractivity contribution in [3.05, 3.63) is 60.8 Å². The summed E-state index contributed by atoms with van der Waals surface area (Å²) in [7, 11) is 1.53. The van der Waals surface area contributed by atoms with Crippen molar-refractivity contribution in [1.29, 1.82) is 0 Å². The molecular formula is C15H17N5O. The maximum absolute atomic E-state index is 6.09. The lowest BCUT2D eigenvalue weighted by Gasteiger charge is -2.01. The smallest absolute Gasteiger partial charge is 0.214 e. The molecule has 6 nitrogen and oxygen atoms in total. The summed E-state index contributed by atoms with van der Waals surface area (Å²) in [5.74, 6) is 0.385. The van der Waals surface area contributed by atoms with Gasteiger partial charge in [0, 0.05) is 35.9 Å². The molecule has 2 aromatic rings. The summed E-state index contributed by atoms with van der Waals surface area (Å²) in [6.45, 7) is 5.42. The second-order valence-corrected chi connectivity index (χ2v) is 4.24. The minimum Gasteiger partial charge on any atom is -0.481 e. The molecule has 2 heterocycles. The highest BCUT2D eigenvalue weighted by molar-refractivity contribution is 5.95. The summed E-state index contributed by atoms with van der Waals surface area (Å²) in [4.78, 5) is 8.04. The van der Waals surface area contributed by atoms with E-state index < -0.39 is 0 Å². The fourth-order valence-corrected chi connectivity index (χ4v) is 1.81. The largest absolute Gasteiger partial charge is 0.481 e. The fraction of sp³-hybridized carbons (Fsp3) is 0.133. The number of ether oxygens (including phenoxy) is 1. The number of aryl methyl sites for hydroxylation is 1. The van der Waals surface area contributed by atoms with Gasteiger partial charge in [-0.2, -0.15) is 5.10 Å². The van der Waals surface area contributed by atoms with Gasteiger partial charge < -0.3 is 10.5 Å². The Balaban J connectivity index is 2.37. The zero-order valence-electron chi connectivity index (χ0n) is 12.0. The number of methoxy groups -OCH3 is 1. The van der Waals surface area contributed by atoms with Gasteiger partial charge in [0.2, 0.25) is 5.90 Å². The van der Waals surface area contributed by atoms with E-state index in [1.165, 1.54) is 13.3 Å². The molecule has 0 aliphatic carbocycles.